The molecule has 0 aromatic carbocycles. The van der Waals surface area contributed by atoms with Gasteiger partial charge in [-0.15, -0.1) is 0 Å². The summed E-state index contributed by atoms with van der Waals surface area (Å²) in [4.78, 5) is 39.7. The van der Waals surface area contributed by atoms with Crippen LogP contribution in [-0.4, -0.2) is 59.3 Å². The van der Waals surface area contributed by atoms with Crippen molar-refractivity contribution in [2.24, 2.45) is 20.0 Å². The first-order valence-electron chi connectivity index (χ1n) is 7.37. The molecule has 0 atom stereocenters. The second-order valence-corrected chi connectivity index (χ2v) is 5.78. The van der Waals surface area contributed by atoms with Crippen LogP contribution in [0, 0.1) is 5.92 Å². The second kappa shape index (κ2) is 5.60. The molecule has 22 heavy (non-hydrogen) atoms. The lowest BCUT2D eigenvalue weighted by Crippen LogP contribution is -2.57. The van der Waals surface area contributed by atoms with E-state index < -0.39 is 0 Å². The molecule has 0 aliphatic carbocycles. The standard InChI is InChI=1S/C14H20N4O4/c1-15-11(7-12(19)16(2)14(15)21)18-8-10(9-18)13(20)17-3-5-22-6-4-17/h7,10H,3-6,8-9H2,1-2H3. The van der Waals surface area contributed by atoms with Crippen LogP contribution < -0.4 is 16.1 Å². The van der Waals surface area contributed by atoms with E-state index in [0.717, 1.165) is 4.57 Å². The Balaban J connectivity index is 1.70. The molecule has 0 spiro atoms. The van der Waals surface area contributed by atoms with Crippen molar-refractivity contribution >= 4 is 11.7 Å². The number of carbonyl (C=O) groups is 1. The molecule has 3 rings (SSSR count). The van der Waals surface area contributed by atoms with Gasteiger partial charge in [0.15, 0.2) is 0 Å². The summed E-state index contributed by atoms with van der Waals surface area (Å²) in [5.41, 5.74) is -0.688. The van der Waals surface area contributed by atoms with E-state index in [2.05, 4.69) is 0 Å². The van der Waals surface area contributed by atoms with Gasteiger partial charge in [0.1, 0.15) is 5.82 Å². The van der Waals surface area contributed by atoms with E-state index in [0.29, 0.717) is 45.2 Å². The molecule has 2 saturated heterocycles. The predicted molar refractivity (Wildman–Crippen MR) is 80.0 cm³/mol. The monoisotopic (exact) mass is 308 g/mol. The molecule has 1 amide bonds. The lowest BCUT2D eigenvalue weighted by atomic mass is 9.98. The molecular formula is C14H20N4O4. The van der Waals surface area contributed by atoms with Gasteiger partial charge in [-0.2, -0.15) is 0 Å². The molecule has 2 fully saturated rings. The second-order valence-electron chi connectivity index (χ2n) is 5.78. The average molecular weight is 308 g/mol. The fourth-order valence-electron chi connectivity index (χ4n) is 2.89. The number of morpholine rings is 1. The molecule has 120 valence electrons. The van der Waals surface area contributed by atoms with Crippen LogP contribution in [0.4, 0.5) is 5.82 Å². The number of ether oxygens (including phenoxy) is 1. The molecule has 8 nitrogen and oxygen atoms in total. The van der Waals surface area contributed by atoms with Crippen molar-refractivity contribution < 1.29 is 9.53 Å². The minimum absolute atomic E-state index is 0.0720. The Morgan fingerprint density at radius 3 is 2.41 bits per heavy atom. The highest BCUT2D eigenvalue weighted by atomic mass is 16.5. The molecule has 2 aliphatic rings. The van der Waals surface area contributed by atoms with Gasteiger partial charge in [0.25, 0.3) is 5.56 Å². The smallest absolute Gasteiger partial charge is 0.332 e. The Morgan fingerprint density at radius 1 is 1.14 bits per heavy atom. The van der Waals surface area contributed by atoms with Crippen molar-refractivity contribution in [2.75, 3.05) is 44.3 Å². The molecule has 0 unspecified atom stereocenters. The van der Waals surface area contributed by atoms with Crippen molar-refractivity contribution in [2.45, 2.75) is 0 Å². The molecule has 0 radical (unpaired) electrons. The van der Waals surface area contributed by atoms with E-state index in [-0.39, 0.29) is 23.1 Å². The van der Waals surface area contributed by atoms with Gasteiger partial charge in [0, 0.05) is 46.3 Å². The minimum Gasteiger partial charge on any atom is -0.378 e. The third-order valence-electron chi connectivity index (χ3n) is 4.38. The van der Waals surface area contributed by atoms with Gasteiger partial charge in [0.05, 0.1) is 19.1 Å². The Kier molecular flexibility index (Phi) is 3.78. The molecule has 1 aromatic heterocycles. The molecule has 3 heterocycles. The number of hydrogen-bond acceptors (Lipinski definition) is 5. The minimum atomic E-state index is -0.356. The number of amides is 1. The third-order valence-corrected chi connectivity index (χ3v) is 4.38. The highest BCUT2D eigenvalue weighted by Crippen LogP contribution is 2.24. The zero-order valence-corrected chi connectivity index (χ0v) is 12.8. The maximum atomic E-state index is 12.3. The van der Waals surface area contributed by atoms with Crippen molar-refractivity contribution in [1.82, 2.24) is 14.0 Å². The van der Waals surface area contributed by atoms with E-state index >= 15 is 0 Å². The first-order chi connectivity index (χ1) is 10.5. The highest BCUT2D eigenvalue weighted by Gasteiger charge is 2.37. The Bertz CT molecular complexity index is 696. The summed E-state index contributed by atoms with van der Waals surface area (Å²) < 4.78 is 7.76. The normalized spacial score (nSPS) is 19.2. The summed E-state index contributed by atoms with van der Waals surface area (Å²) in [5.74, 6) is 0.629. The lowest BCUT2D eigenvalue weighted by molar-refractivity contribution is -0.140. The number of nitrogens with zero attached hydrogens (tertiary/aromatic N) is 4. The molecule has 0 saturated carbocycles. The van der Waals surface area contributed by atoms with Gasteiger partial charge in [-0.1, -0.05) is 0 Å². The quantitative estimate of drug-likeness (QED) is 0.656. The molecule has 0 N–H and O–H groups in total. The zero-order valence-electron chi connectivity index (χ0n) is 12.8. The largest absolute Gasteiger partial charge is 0.378 e. The van der Waals surface area contributed by atoms with E-state index in [1.54, 1.807) is 7.05 Å². The van der Waals surface area contributed by atoms with Gasteiger partial charge in [-0.25, -0.2) is 4.79 Å². The number of aromatic nitrogens is 2. The summed E-state index contributed by atoms with van der Waals surface area (Å²) in [6, 6.07) is 1.44. The SMILES string of the molecule is Cn1c(N2CC(C(=O)N3CCOCC3)C2)cc(=O)n(C)c1=O. The van der Waals surface area contributed by atoms with Crippen LogP contribution in [0.5, 0.6) is 0 Å². The van der Waals surface area contributed by atoms with E-state index in [9.17, 15) is 14.4 Å². The summed E-state index contributed by atoms with van der Waals surface area (Å²) >= 11 is 0. The number of carbonyl (C=O) groups excluding carboxylic acids is 1. The number of hydrogen-bond donors (Lipinski definition) is 0. The van der Waals surface area contributed by atoms with Crippen LogP contribution in [0.15, 0.2) is 15.7 Å². The van der Waals surface area contributed by atoms with E-state index in [1.807, 2.05) is 9.80 Å². The lowest BCUT2D eigenvalue weighted by Gasteiger charge is -2.42. The van der Waals surface area contributed by atoms with Crippen molar-refractivity contribution in [3.63, 3.8) is 0 Å². The third kappa shape index (κ3) is 2.43. The van der Waals surface area contributed by atoms with Gasteiger partial charge in [-0.05, 0) is 0 Å². The maximum Gasteiger partial charge on any atom is 0.332 e. The Hall–Kier alpha value is -2.09. The van der Waals surface area contributed by atoms with E-state index in [1.165, 1.54) is 17.7 Å². The van der Waals surface area contributed by atoms with Crippen LogP contribution in [0.3, 0.4) is 0 Å². The van der Waals surface area contributed by atoms with Crippen LogP contribution in [0.1, 0.15) is 0 Å². The van der Waals surface area contributed by atoms with Gasteiger partial charge in [-0.3, -0.25) is 18.7 Å². The highest BCUT2D eigenvalue weighted by molar-refractivity contribution is 5.82. The van der Waals surface area contributed by atoms with Crippen molar-refractivity contribution in [1.29, 1.82) is 0 Å². The fourth-order valence-corrected chi connectivity index (χ4v) is 2.89. The summed E-state index contributed by atoms with van der Waals surface area (Å²) in [7, 11) is 3.09. The topological polar surface area (TPSA) is 76.8 Å². The first kappa shape index (κ1) is 14.8. The molecular weight excluding hydrogens is 288 g/mol. The molecule has 1 aromatic rings. The maximum absolute atomic E-state index is 12.3. The summed E-state index contributed by atoms with van der Waals surface area (Å²) in [6.07, 6.45) is 0. The Morgan fingerprint density at radius 2 is 1.77 bits per heavy atom. The van der Waals surface area contributed by atoms with Crippen molar-refractivity contribution in [3.8, 4) is 0 Å². The predicted octanol–water partition coefficient (Wildman–Crippen LogP) is -1.62. The van der Waals surface area contributed by atoms with Crippen LogP contribution in [-0.2, 0) is 23.6 Å². The molecule has 8 heteroatoms. The van der Waals surface area contributed by atoms with Crippen molar-refractivity contribution in [3.05, 3.63) is 26.9 Å². The number of rotatable bonds is 2. The van der Waals surface area contributed by atoms with E-state index in [4.69, 9.17) is 4.74 Å². The van der Waals surface area contributed by atoms with Gasteiger partial charge in [0.2, 0.25) is 5.91 Å². The fraction of sp³-hybridized carbons (Fsp3) is 0.643. The summed E-state index contributed by atoms with van der Waals surface area (Å²) in [5, 5.41) is 0. The zero-order chi connectivity index (χ0) is 15.9. The first-order valence-corrected chi connectivity index (χ1v) is 7.37. The summed E-state index contributed by atoms with van der Waals surface area (Å²) in [6.45, 7) is 3.53. The van der Waals surface area contributed by atoms with Crippen LogP contribution in [0.2, 0.25) is 0 Å². The van der Waals surface area contributed by atoms with Gasteiger partial charge >= 0.3 is 5.69 Å². The molecule has 0 bridgehead atoms. The van der Waals surface area contributed by atoms with Crippen LogP contribution >= 0.6 is 0 Å². The average Bonchev–Trinajstić information content (AvgIpc) is 2.49. The molecule has 2 aliphatic heterocycles. The van der Waals surface area contributed by atoms with Crippen LogP contribution in [0.25, 0.3) is 0 Å². The number of anilines is 1. The van der Waals surface area contributed by atoms with Gasteiger partial charge < -0.3 is 14.5 Å². The Labute approximate surface area is 127 Å².